The summed E-state index contributed by atoms with van der Waals surface area (Å²) in [5.41, 5.74) is 5.37. The lowest BCUT2D eigenvalue weighted by Gasteiger charge is -2.27. The molecule has 0 bridgehead atoms. The van der Waals surface area contributed by atoms with E-state index < -0.39 is 40.8 Å². The highest BCUT2D eigenvalue weighted by molar-refractivity contribution is 5.97. The minimum atomic E-state index is -0.934. The molecule has 4 rings (SSSR count). The standard InChI is InChI=1S/C33H43N5O7/c1-4-6-7-8-26(39)36-25(17-22-9-11-24(12-10-22)44-20-45-30(42)23-13-15-35-16-14-23)28(40)37-27(21(3)5-2)29(41)38-33-18-32(33,19-33)31(34)43/h9-16,21,25,27H,4-8,17-20H2,1-3H3,(H2,34,43)(H,36,39)(H,37,40)(H,38,41). The second kappa shape index (κ2) is 14.5. The first-order chi connectivity index (χ1) is 21.5. The molecule has 2 aliphatic rings. The number of nitrogens with two attached hydrogens (primary N) is 1. The molecule has 2 aliphatic carbocycles. The predicted molar refractivity (Wildman–Crippen MR) is 164 cm³/mol. The molecular weight excluding hydrogens is 578 g/mol. The van der Waals surface area contributed by atoms with E-state index in [1.807, 2.05) is 20.8 Å². The van der Waals surface area contributed by atoms with Crippen molar-refractivity contribution in [3.63, 3.8) is 0 Å². The van der Waals surface area contributed by atoms with Crippen molar-refractivity contribution in [1.82, 2.24) is 20.9 Å². The Balaban J connectivity index is 1.38. The number of amides is 4. The third-order valence-electron chi connectivity index (χ3n) is 8.85. The lowest BCUT2D eigenvalue weighted by atomic mass is 9.97. The van der Waals surface area contributed by atoms with Crippen LogP contribution in [-0.4, -0.2) is 59.0 Å². The maximum atomic E-state index is 13.6. The molecule has 2 fully saturated rings. The van der Waals surface area contributed by atoms with Crippen LogP contribution in [0.15, 0.2) is 48.8 Å². The molecule has 0 radical (unpaired) electrons. The molecule has 3 unspecified atom stereocenters. The molecule has 12 nitrogen and oxygen atoms in total. The van der Waals surface area contributed by atoms with Gasteiger partial charge in [0.05, 0.1) is 16.5 Å². The van der Waals surface area contributed by atoms with Gasteiger partial charge < -0.3 is 31.2 Å². The van der Waals surface area contributed by atoms with Gasteiger partial charge >= 0.3 is 5.97 Å². The van der Waals surface area contributed by atoms with Gasteiger partial charge in [0.25, 0.3) is 0 Å². The number of fused-ring (bicyclic) bond motifs is 1. The lowest BCUT2D eigenvalue weighted by molar-refractivity contribution is -0.133. The summed E-state index contributed by atoms with van der Waals surface area (Å²) in [7, 11) is 0. The number of esters is 1. The molecule has 12 heteroatoms. The normalized spacial score (nSPS) is 21.2. The fourth-order valence-corrected chi connectivity index (χ4v) is 5.47. The molecule has 2 aromatic rings. The summed E-state index contributed by atoms with van der Waals surface area (Å²) in [6, 6.07) is 8.16. The smallest absolute Gasteiger partial charge is 0.341 e. The van der Waals surface area contributed by atoms with Crippen LogP contribution in [0.5, 0.6) is 5.75 Å². The van der Waals surface area contributed by atoms with E-state index in [2.05, 4.69) is 20.9 Å². The summed E-state index contributed by atoms with van der Waals surface area (Å²) in [6.45, 7) is 5.55. The van der Waals surface area contributed by atoms with Crippen LogP contribution in [0.3, 0.4) is 0 Å². The molecule has 1 heterocycles. The number of rotatable bonds is 18. The van der Waals surface area contributed by atoms with E-state index in [9.17, 15) is 24.0 Å². The summed E-state index contributed by atoms with van der Waals surface area (Å²) < 4.78 is 10.7. The van der Waals surface area contributed by atoms with E-state index >= 15 is 0 Å². The zero-order chi connectivity index (χ0) is 32.6. The fraction of sp³-hybridized carbons (Fsp3) is 0.515. The SMILES string of the molecule is CCCCCC(=O)NC(Cc1ccc(OCOC(=O)c2ccncc2)cc1)C(=O)NC(C(=O)NC12CC1(C(N)=O)C2)C(C)CC. The Morgan fingerprint density at radius 3 is 2.24 bits per heavy atom. The zero-order valence-corrected chi connectivity index (χ0v) is 26.1. The van der Waals surface area contributed by atoms with E-state index in [1.54, 1.807) is 24.3 Å². The molecule has 4 amide bonds. The number of carbonyl (C=O) groups excluding carboxylic acids is 5. The Morgan fingerprint density at radius 2 is 1.64 bits per heavy atom. The molecule has 0 spiro atoms. The van der Waals surface area contributed by atoms with E-state index in [1.165, 1.54) is 24.5 Å². The Bertz CT molecular complexity index is 1380. The van der Waals surface area contributed by atoms with Crippen LogP contribution in [0.4, 0.5) is 0 Å². The average Bonchev–Trinajstić information content (AvgIpc) is 3.87. The molecule has 2 saturated carbocycles. The van der Waals surface area contributed by atoms with Crippen LogP contribution in [0.2, 0.25) is 0 Å². The average molecular weight is 622 g/mol. The van der Waals surface area contributed by atoms with E-state index in [0.29, 0.717) is 37.0 Å². The summed E-state index contributed by atoms with van der Waals surface area (Å²) in [5, 5.41) is 8.69. The first-order valence-electron chi connectivity index (χ1n) is 15.5. The first kappa shape index (κ1) is 33.4. The van der Waals surface area contributed by atoms with Crippen molar-refractivity contribution in [1.29, 1.82) is 0 Å². The van der Waals surface area contributed by atoms with Crippen molar-refractivity contribution in [3.8, 4) is 5.75 Å². The van der Waals surface area contributed by atoms with Crippen LogP contribution in [0.1, 0.15) is 81.6 Å². The highest BCUT2D eigenvalue weighted by atomic mass is 16.7. The van der Waals surface area contributed by atoms with Gasteiger partial charge in [-0.05, 0) is 55.0 Å². The van der Waals surface area contributed by atoms with Crippen molar-refractivity contribution in [2.75, 3.05) is 6.79 Å². The van der Waals surface area contributed by atoms with Crippen LogP contribution in [0.25, 0.3) is 0 Å². The molecule has 242 valence electrons. The number of benzene rings is 1. The van der Waals surface area contributed by atoms with Gasteiger partial charge in [-0.25, -0.2) is 4.79 Å². The number of carbonyl (C=O) groups is 5. The molecule has 0 aliphatic heterocycles. The largest absolute Gasteiger partial charge is 0.457 e. The van der Waals surface area contributed by atoms with Gasteiger partial charge in [0.15, 0.2) is 0 Å². The van der Waals surface area contributed by atoms with Gasteiger partial charge in [0, 0.05) is 25.2 Å². The van der Waals surface area contributed by atoms with E-state index in [0.717, 1.165) is 18.4 Å². The van der Waals surface area contributed by atoms with Gasteiger partial charge in [-0.1, -0.05) is 52.2 Å². The predicted octanol–water partition coefficient (Wildman–Crippen LogP) is 2.55. The third kappa shape index (κ3) is 8.17. The number of pyridine rings is 1. The van der Waals surface area contributed by atoms with Crippen molar-refractivity contribution in [3.05, 3.63) is 59.9 Å². The number of primary amides is 1. The van der Waals surface area contributed by atoms with Crippen molar-refractivity contribution in [2.24, 2.45) is 17.1 Å². The van der Waals surface area contributed by atoms with Crippen LogP contribution < -0.4 is 26.4 Å². The molecule has 1 aromatic carbocycles. The second-order valence-electron chi connectivity index (χ2n) is 12.1. The van der Waals surface area contributed by atoms with Crippen molar-refractivity contribution in [2.45, 2.75) is 89.8 Å². The highest BCUT2D eigenvalue weighted by Gasteiger charge is 2.87. The number of hydrogen-bond donors (Lipinski definition) is 4. The molecule has 1 aromatic heterocycles. The van der Waals surface area contributed by atoms with Gasteiger partial charge in [0.1, 0.15) is 17.8 Å². The maximum Gasteiger partial charge on any atom is 0.341 e. The van der Waals surface area contributed by atoms with Crippen LogP contribution in [0, 0.1) is 11.3 Å². The Labute approximate surface area is 263 Å². The summed E-state index contributed by atoms with van der Waals surface area (Å²) in [4.78, 5) is 67.5. The second-order valence-corrected chi connectivity index (χ2v) is 12.1. The summed E-state index contributed by atoms with van der Waals surface area (Å²) in [5.74, 6) is -1.79. The molecule has 3 atom stereocenters. The number of aromatic nitrogens is 1. The number of hydrogen-bond acceptors (Lipinski definition) is 8. The van der Waals surface area contributed by atoms with E-state index in [4.69, 9.17) is 15.2 Å². The first-order valence-corrected chi connectivity index (χ1v) is 15.5. The summed E-state index contributed by atoms with van der Waals surface area (Å²) in [6.07, 6.45) is 7.67. The monoisotopic (exact) mass is 621 g/mol. The highest BCUT2D eigenvalue weighted by Crippen LogP contribution is 2.78. The fourth-order valence-electron chi connectivity index (χ4n) is 5.47. The zero-order valence-electron chi connectivity index (χ0n) is 26.1. The molecular formula is C33H43N5O7. The lowest BCUT2D eigenvalue weighted by Crippen LogP contribution is -2.57. The minimum absolute atomic E-state index is 0.173. The Kier molecular flexibility index (Phi) is 10.8. The summed E-state index contributed by atoms with van der Waals surface area (Å²) >= 11 is 0. The maximum absolute atomic E-state index is 13.6. The number of nitrogens with one attached hydrogen (secondary N) is 3. The Hall–Kier alpha value is -4.48. The van der Waals surface area contributed by atoms with Gasteiger partial charge in [0.2, 0.25) is 30.4 Å². The Morgan fingerprint density at radius 1 is 0.956 bits per heavy atom. The van der Waals surface area contributed by atoms with Crippen LogP contribution in [-0.2, 0) is 30.3 Å². The van der Waals surface area contributed by atoms with Crippen LogP contribution >= 0.6 is 0 Å². The molecule has 5 N–H and O–H groups in total. The van der Waals surface area contributed by atoms with Gasteiger partial charge in [-0.2, -0.15) is 0 Å². The quantitative estimate of drug-likeness (QED) is 0.111. The molecule has 0 saturated heterocycles. The van der Waals surface area contributed by atoms with Gasteiger partial charge in [-0.15, -0.1) is 0 Å². The number of nitrogens with zero attached hydrogens (tertiary/aromatic N) is 1. The van der Waals surface area contributed by atoms with Crippen molar-refractivity contribution < 1.29 is 33.4 Å². The van der Waals surface area contributed by atoms with Crippen molar-refractivity contribution >= 4 is 29.6 Å². The number of ether oxygens (including phenoxy) is 2. The third-order valence-corrected chi connectivity index (χ3v) is 8.85. The molecule has 45 heavy (non-hydrogen) atoms. The number of unbranched alkanes of at least 4 members (excludes halogenated alkanes) is 2. The van der Waals surface area contributed by atoms with E-state index in [-0.39, 0.29) is 37.4 Å². The minimum Gasteiger partial charge on any atom is -0.457 e. The topological polar surface area (TPSA) is 179 Å². The van der Waals surface area contributed by atoms with Gasteiger partial charge in [-0.3, -0.25) is 24.2 Å².